The molecule has 1 aromatic rings. The summed E-state index contributed by atoms with van der Waals surface area (Å²) < 4.78 is 13.2. The molecule has 1 fully saturated rings. The molecule has 8 nitrogen and oxygen atoms in total. The van der Waals surface area contributed by atoms with Crippen molar-refractivity contribution in [2.24, 2.45) is 0 Å². The largest absolute Gasteiger partial charge is 0.478 e. The summed E-state index contributed by atoms with van der Waals surface area (Å²) >= 11 is 0. The zero-order valence-corrected chi connectivity index (χ0v) is 10.6. The molecule has 0 saturated carbocycles. The van der Waals surface area contributed by atoms with Gasteiger partial charge in [0.1, 0.15) is 18.9 Å². The van der Waals surface area contributed by atoms with Crippen LogP contribution in [0.15, 0.2) is 18.2 Å². The molecule has 4 amide bonds. The van der Waals surface area contributed by atoms with E-state index in [1.807, 2.05) is 5.32 Å². The first-order valence-corrected chi connectivity index (χ1v) is 5.78. The highest BCUT2D eigenvalue weighted by atomic mass is 19.1. The van der Waals surface area contributed by atoms with Crippen molar-refractivity contribution in [1.82, 2.24) is 10.2 Å². The Labute approximate surface area is 117 Å². The number of imide groups is 1. The number of rotatable bonds is 2. The van der Waals surface area contributed by atoms with E-state index in [1.165, 1.54) is 6.07 Å². The number of urea groups is 1. The molecule has 1 saturated heterocycles. The van der Waals surface area contributed by atoms with E-state index in [9.17, 15) is 23.6 Å². The standard InChI is InChI=1S/C12H10FN3O5/c13-8-2-1-6(3-7(8)11(19)20)14-12(21)16-4-9(17)15-10(18)5-16/h1-3H,4-5H2,(H,14,21)(H,19,20)(H,15,17,18). The number of halogens is 1. The average Bonchev–Trinajstić information content (AvgIpc) is 2.39. The Balaban J connectivity index is 2.12. The highest BCUT2D eigenvalue weighted by Gasteiger charge is 2.26. The number of hydrogen-bond donors (Lipinski definition) is 3. The Bertz CT molecular complexity index is 630. The van der Waals surface area contributed by atoms with Gasteiger partial charge < -0.3 is 15.3 Å². The SMILES string of the molecule is O=C1CN(C(=O)Nc2ccc(F)c(C(=O)O)c2)CC(=O)N1. The van der Waals surface area contributed by atoms with Crippen LogP contribution in [-0.4, -0.2) is 46.9 Å². The van der Waals surface area contributed by atoms with Crippen molar-refractivity contribution < 1.29 is 28.7 Å². The van der Waals surface area contributed by atoms with Gasteiger partial charge in [-0.2, -0.15) is 0 Å². The lowest BCUT2D eigenvalue weighted by Gasteiger charge is -2.25. The first-order chi connectivity index (χ1) is 9.86. The van der Waals surface area contributed by atoms with Crippen LogP contribution in [0.1, 0.15) is 10.4 Å². The lowest BCUT2D eigenvalue weighted by molar-refractivity contribution is -0.134. The molecule has 3 N–H and O–H groups in total. The number of nitrogens with zero attached hydrogens (tertiary/aromatic N) is 1. The van der Waals surface area contributed by atoms with Gasteiger partial charge in [0, 0.05) is 5.69 Å². The van der Waals surface area contributed by atoms with Gasteiger partial charge in [-0.1, -0.05) is 0 Å². The van der Waals surface area contributed by atoms with Crippen molar-refractivity contribution in [3.63, 3.8) is 0 Å². The molecule has 21 heavy (non-hydrogen) atoms. The summed E-state index contributed by atoms with van der Waals surface area (Å²) in [4.78, 5) is 45.9. The number of carbonyl (C=O) groups is 4. The predicted octanol–water partition coefficient (Wildman–Crippen LogP) is 0.0142. The van der Waals surface area contributed by atoms with Crippen LogP contribution >= 0.6 is 0 Å². The summed E-state index contributed by atoms with van der Waals surface area (Å²) in [6.45, 7) is -0.602. The number of aromatic carboxylic acids is 1. The third-order valence-corrected chi connectivity index (χ3v) is 2.68. The van der Waals surface area contributed by atoms with E-state index in [2.05, 4.69) is 5.32 Å². The van der Waals surface area contributed by atoms with E-state index in [4.69, 9.17) is 5.11 Å². The Hall–Kier alpha value is -2.97. The Morgan fingerprint density at radius 3 is 2.43 bits per heavy atom. The van der Waals surface area contributed by atoms with Crippen LogP contribution < -0.4 is 10.6 Å². The maximum absolute atomic E-state index is 13.2. The van der Waals surface area contributed by atoms with Crippen molar-refractivity contribution in [1.29, 1.82) is 0 Å². The molecule has 0 unspecified atom stereocenters. The maximum atomic E-state index is 13.2. The summed E-state index contributed by atoms with van der Waals surface area (Å²) in [6, 6.07) is 2.25. The summed E-state index contributed by atoms with van der Waals surface area (Å²) in [7, 11) is 0. The Morgan fingerprint density at radius 1 is 1.24 bits per heavy atom. The maximum Gasteiger partial charge on any atom is 0.338 e. The van der Waals surface area contributed by atoms with Crippen LogP contribution in [0.3, 0.4) is 0 Å². The van der Waals surface area contributed by atoms with Gasteiger partial charge in [-0.3, -0.25) is 14.9 Å². The van der Waals surface area contributed by atoms with Gasteiger partial charge in [0.05, 0.1) is 5.56 Å². The molecule has 0 aromatic heterocycles. The van der Waals surface area contributed by atoms with E-state index in [1.54, 1.807) is 0 Å². The zero-order valence-electron chi connectivity index (χ0n) is 10.6. The number of hydrogen-bond acceptors (Lipinski definition) is 4. The molecule has 2 rings (SSSR count). The minimum atomic E-state index is -1.48. The number of anilines is 1. The highest BCUT2D eigenvalue weighted by Crippen LogP contribution is 2.15. The fourth-order valence-corrected chi connectivity index (χ4v) is 1.75. The summed E-state index contributed by atoms with van der Waals surface area (Å²) in [5.74, 6) is -3.65. The van der Waals surface area contributed by atoms with Gasteiger partial charge in [-0.05, 0) is 18.2 Å². The van der Waals surface area contributed by atoms with Gasteiger partial charge in [-0.25, -0.2) is 14.0 Å². The molecule has 1 aliphatic heterocycles. The molecule has 0 spiro atoms. The van der Waals surface area contributed by atoms with E-state index in [0.717, 1.165) is 17.0 Å². The van der Waals surface area contributed by atoms with Gasteiger partial charge in [-0.15, -0.1) is 0 Å². The van der Waals surface area contributed by atoms with Crippen LogP contribution in [0.25, 0.3) is 0 Å². The van der Waals surface area contributed by atoms with Crippen LogP contribution in [0.5, 0.6) is 0 Å². The lowest BCUT2D eigenvalue weighted by atomic mass is 10.2. The molecule has 0 bridgehead atoms. The van der Waals surface area contributed by atoms with Crippen LogP contribution in [-0.2, 0) is 9.59 Å². The molecular formula is C12H10FN3O5. The Morgan fingerprint density at radius 2 is 1.86 bits per heavy atom. The lowest BCUT2D eigenvalue weighted by Crippen LogP contribution is -2.54. The van der Waals surface area contributed by atoms with E-state index in [-0.39, 0.29) is 18.8 Å². The highest BCUT2D eigenvalue weighted by molar-refractivity contribution is 6.04. The molecule has 9 heteroatoms. The first kappa shape index (κ1) is 14.4. The Kier molecular flexibility index (Phi) is 3.83. The van der Waals surface area contributed by atoms with Crippen molar-refractivity contribution >= 4 is 29.5 Å². The summed E-state index contributed by atoms with van der Waals surface area (Å²) in [5, 5.41) is 13.1. The minimum Gasteiger partial charge on any atom is -0.478 e. The molecular weight excluding hydrogens is 285 g/mol. The molecule has 0 aliphatic carbocycles. The molecule has 110 valence electrons. The molecule has 0 radical (unpaired) electrons. The third kappa shape index (κ3) is 3.32. The van der Waals surface area contributed by atoms with Gasteiger partial charge in [0.25, 0.3) is 0 Å². The van der Waals surface area contributed by atoms with E-state index < -0.39 is 35.2 Å². The second kappa shape index (κ2) is 5.57. The number of nitrogens with one attached hydrogen (secondary N) is 2. The van der Waals surface area contributed by atoms with Gasteiger partial charge >= 0.3 is 12.0 Å². The number of carboxylic acid groups (broad SMARTS) is 1. The predicted molar refractivity (Wildman–Crippen MR) is 67.1 cm³/mol. The first-order valence-electron chi connectivity index (χ1n) is 5.78. The minimum absolute atomic E-state index is 0.0391. The fourth-order valence-electron chi connectivity index (χ4n) is 1.75. The van der Waals surface area contributed by atoms with E-state index >= 15 is 0 Å². The normalized spacial score (nSPS) is 14.6. The number of benzene rings is 1. The second-order valence-corrected chi connectivity index (χ2v) is 4.26. The third-order valence-electron chi connectivity index (χ3n) is 2.68. The van der Waals surface area contributed by atoms with Gasteiger partial charge in [0.15, 0.2) is 0 Å². The number of carbonyl (C=O) groups excluding carboxylic acids is 3. The summed E-state index contributed by atoms with van der Waals surface area (Å²) in [5.41, 5.74) is -0.558. The molecule has 0 atom stereocenters. The van der Waals surface area contributed by atoms with Crippen molar-refractivity contribution in [2.75, 3.05) is 18.4 Å². The van der Waals surface area contributed by atoms with Crippen LogP contribution in [0.2, 0.25) is 0 Å². The fraction of sp³-hybridized carbons (Fsp3) is 0.167. The average molecular weight is 295 g/mol. The monoisotopic (exact) mass is 295 g/mol. The zero-order chi connectivity index (χ0) is 15.6. The van der Waals surface area contributed by atoms with Gasteiger partial charge in [0.2, 0.25) is 11.8 Å². The topological polar surface area (TPSA) is 116 Å². The summed E-state index contributed by atoms with van der Waals surface area (Å²) in [6.07, 6.45) is 0. The molecule has 1 aliphatic rings. The van der Waals surface area contributed by atoms with Crippen molar-refractivity contribution in [3.05, 3.63) is 29.6 Å². The molecule has 1 aromatic carbocycles. The smallest absolute Gasteiger partial charge is 0.338 e. The van der Waals surface area contributed by atoms with Crippen LogP contribution in [0, 0.1) is 5.82 Å². The second-order valence-electron chi connectivity index (χ2n) is 4.26. The number of piperazine rings is 1. The van der Waals surface area contributed by atoms with Crippen LogP contribution in [0.4, 0.5) is 14.9 Å². The van der Waals surface area contributed by atoms with Crippen molar-refractivity contribution in [3.8, 4) is 0 Å². The molecule has 1 heterocycles. The number of amides is 4. The van der Waals surface area contributed by atoms with Crippen molar-refractivity contribution in [2.45, 2.75) is 0 Å². The number of carboxylic acids is 1. The van der Waals surface area contributed by atoms with E-state index in [0.29, 0.717) is 0 Å². The quantitative estimate of drug-likeness (QED) is 0.665.